The molecule has 0 unspecified atom stereocenters. The van der Waals surface area contributed by atoms with E-state index in [9.17, 15) is 23.5 Å². The molecular formula is C24H28F2N2O3. The van der Waals surface area contributed by atoms with Crippen LogP contribution in [0.15, 0.2) is 53.7 Å². The van der Waals surface area contributed by atoms with Gasteiger partial charge in [-0.05, 0) is 61.9 Å². The Bertz CT molecular complexity index is 971. The fourth-order valence-corrected chi connectivity index (χ4v) is 3.04. The number of allylic oxidation sites excluding steroid dienone is 1. The molecule has 0 saturated heterocycles. The van der Waals surface area contributed by atoms with E-state index in [2.05, 4.69) is 10.6 Å². The smallest absolute Gasteiger partial charge is 0.259 e. The van der Waals surface area contributed by atoms with Crippen LogP contribution in [-0.4, -0.2) is 23.5 Å². The standard InChI is InChI=1S/C24H28F2N2O3/c1-15(2)10-11-19(23(30)27-13-12-17-6-4-7-18(25)14-17)16(3)28-24(31)20-8-5-9-21(26)22(20)29/h4-9,14-15,29H,10-13H2,1-3H3,(H,27,30)(H,28,31)/b19-16-. The molecule has 0 radical (unpaired) electrons. The van der Waals surface area contributed by atoms with Crippen LogP contribution in [0.4, 0.5) is 8.78 Å². The summed E-state index contributed by atoms with van der Waals surface area (Å²) in [6.45, 7) is 5.95. The number of phenolic OH excluding ortho intramolecular Hbond substituents is 1. The van der Waals surface area contributed by atoms with Crippen LogP contribution in [-0.2, 0) is 11.2 Å². The van der Waals surface area contributed by atoms with Crippen molar-refractivity contribution in [1.82, 2.24) is 10.6 Å². The first-order valence-corrected chi connectivity index (χ1v) is 10.2. The number of phenols is 1. The summed E-state index contributed by atoms with van der Waals surface area (Å²) in [4.78, 5) is 25.3. The fraction of sp³-hybridized carbons (Fsp3) is 0.333. The van der Waals surface area contributed by atoms with Gasteiger partial charge >= 0.3 is 0 Å². The fourth-order valence-electron chi connectivity index (χ4n) is 3.04. The van der Waals surface area contributed by atoms with Crippen molar-refractivity contribution in [1.29, 1.82) is 0 Å². The molecule has 2 amide bonds. The van der Waals surface area contributed by atoms with Crippen LogP contribution in [0.5, 0.6) is 5.75 Å². The van der Waals surface area contributed by atoms with Crippen LogP contribution in [0.25, 0.3) is 0 Å². The van der Waals surface area contributed by atoms with E-state index in [1.54, 1.807) is 19.1 Å². The summed E-state index contributed by atoms with van der Waals surface area (Å²) < 4.78 is 26.8. The van der Waals surface area contributed by atoms with Gasteiger partial charge in [0.1, 0.15) is 5.82 Å². The molecule has 0 fully saturated rings. The number of rotatable bonds is 9. The highest BCUT2D eigenvalue weighted by atomic mass is 19.1. The predicted molar refractivity (Wildman–Crippen MR) is 115 cm³/mol. The Morgan fingerprint density at radius 2 is 1.81 bits per heavy atom. The topological polar surface area (TPSA) is 78.4 Å². The first-order valence-electron chi connectivity index (χ1n) is 10.2. The molecule has 7 heteroatoms. The van der Waals surface area contributed by atoms with Crippen molar-refractivity contribution in [2.24, 2.45) is 5.92 Å². The molecule has 0 aliphatic heterocycles. The quantitative estimate of drug-likeness (QED) is 0.514. The molecule has 0 aliphatic rings. The first-order chi connectivity index (χ1) is 14.7. The second-order valence-corrected chi connectivity index (χ2v) is 7.76. The molecule has 2 aromatic carbocycles. The minimum Gasteiger partial charge on any atom is -0.504 e. The van der Waals surface area contributed by atoms with Crippen molar-refractivity contribution < 1.29 is 23.5 Å². The van der Waals surface area contributed by atoms with Gasteiger partial charge in [-0.15, -0.1) is 0 Å². The van der Waals surface area contributed by atoms with E-state index in [4.69, 9.17) is 0 Å². The third-order valence-corrected chi connectivity index (χ3v) is 4.82. The van der Waals surface area contributed by atoms with Gasteiger partial charge in [0.2, 0.25) is 5.91 Å². The summed E-state index contributed by atoms with van der Waals surface area (Å²) in [5.74, 6) is -2.67. The molecule has 0 spiro atoms. The molecular weight excluding hydrogens is 402 g/mol. The minimum atomic E-state index is -0.899. The van der Waals surface area contributed by atoms with Crippen LogP contribution in [0.1, 0.15) is 49.5 Å². The molecule has 0 aromatic heterocycles. The molecule has 5 nitrogen and oxygen atoms in total. The second kappa shape index (κ2) is 11.2. The molecule has 0 aliphatic carbocycles. The highest BCUT2D eigenvalue weighted by Crippen LogP contribution is 2.21. The Hall–Kier alpha value is -3.22. The molecule has 166 valence electrons. The monoisotopic (exact) mass is 430 g/mol. The van der Waals surface area contributed by atoms with Gasteiger partial charge < -0.3 is 15.7 Å². The SMILES string of the molecule is C/C(NC(=O)c1cccc(F)c1O)=C(\CCC(C)C)C(=O)NCCc1cccc(F)c1. The summed E-state index contributed by atoms with van der Waals surface area (Å²) in [7, 11) is 0. The molecule has 2 aromatic rings. The highest BCUT2D eigenvalue weighted by molar-refractivity contribution is 6.00. The maximum atomic E-state index is 13.5. The molecule has 31 heavy (non-hydrogen) atoms. The summed E-state index contributed by atoms with van der Waals surface area (Å²) in [5, 5.41) is 15.2. The maximum Gasteiger partial charge on any atom is 0.259 e. The zero-order chi connectivity index (χ0) is 23.0. The van der Waals surface area contributed by atoms with E-state index in [-0.39, 0.29) is 17.3 Å². The number of hydrogen-bond donors (Lipinski definition) is 3. The predicted octanol–water partition coefficient (Wildman–Crippen LogP) is 4.47. The average molecular weight is 430 g/mol. The van der Waals surface area contributed by atoms with E-state index in [0.29, 0.717) is 36.6 Å². The van der Waals surface area contributed by atoms with Crippen molar-refractivity contribution in [3.8, 4) is 5.75 Å². The molecule has 2 rings (SSSR count). The summed E-state index contributed by atoms with van der Waals surface area (Å²) in [6.07, 6.45) is 1.62. The number of aromatic hydroxyl groups is 1. The van der Waals surface area contributed by atoms with Gasteiger partial charge in [0.05, 0.1) is 5.56 Å². The Kier molecular flexibility index (Phi) is 8.73. The lowest BCUT2D eigenvalue weighted by atomic mass is 10.0. The van der Waals surface area contributed by atoms with Crippen molar-refractivity contribution in [2.75, 3.05) is 6.54 Å². The van der Waals surface area contributed by atoms with Gasteiger partial charge in [-0.1, -0.05) is 32.0 Å². The maximum absolute atomic E-state index is 13.5. The van der Waals surface area contributed by atoms with Crippen LogP contribution >= 0.6 is 0 Å². The lowest BCUT2D eigenvalue weighted by Gasteiger charge is -2.15. The van der Waals surface area contributed by atoms with E-state index in [1.165, 1.54) is 24.3 Å². The zero-order valence-corrected chi connectivity index (χ0v) is 18.0. The van der Waals surface area contributed by atoms with E-state index in [0.717, 1.165) is 18.1 Å². The van der Waals surface area contributed by atoms with Gasteiger partial charge in [-0.3, -0.25) is 9.59 Å². The van der Waals surface area contributed by atoms with Gasteiger partial charge in [-0.2, -0.15) is 0 Å². The zero-order valence-electron chi connectivity index (χ0n) is 18.0. The highest BCUT2D eigenvalue weighted by Gasteiger charge is 2.18. The normalized spacial score (nSPS) is 11.8. The Morgan fingerprint density at radius 1 is 1.10 bits per heavy atom. The van der Waals surface area contributed by atoms with Gasteiger partial charge in [0, 0.05) is 17.8 Å². The average Bonchev–Trinajstić information content (AvgIpc) is 2.70. The molecule has 3 N–H and O–H groups in total. The summed E-state index contributed by atoms with van der Waals surface area (Å²) >= 11 is 0. The number of benzene rings is 2. The number of carbonyl (C=O) groups is 2. The number of hydrogen-bond acceptors (Lipinski definition) is 3. The van der Waals surface area contributed by atoms with Crippen molar-refractivity contribution >= 4 is 11.8 Å². The van der Waals surface area contributed by atoms with Crippen molar-refractivity contribution in [2.45, 2.75) is 40.0 Å². The number of para-hydroxylation sites is 1. The number of halogens is 2. The Balaban J connectivity index is 2.12. The van der Waals surface area contributed by atoms with E-state index >= 15 is 0 Å². The van der Waals surface area contributed by atoms with Crippen LogP contribution in [0.3, 0.4) is 0 Å². The lowest BCUT2D eigenvalue weighted by Crippen LogP contribution is -2.31. The molecule has 0 heterocycles. The summed E-state index contributed by atoms with van der Waals surface area (Å²) in [5.41, 5.74) is 1.28. The third-order valence-electron chi connectivity index (χ3n) is 4.82. The van der Waals surface area contributed by atoms with Crippen molar-refractivity contribution in [3.63, 3.8) is 0 Å². The molecule has 0 saturated carbocycles. The number of carbonyl (C=O) groups excluding carboxylic acids is 2. The van der Waals surface area contributed by atoms with Crippen molar-refractivity contribution in [3.05, 3.63) is 76.5 Å². The first kappa shape index (κ1) is 24.1. The van der Waals surface area contributed by atoms with E-state index in [1.807, 2.05) is 13.8 Å². The second-order valence-electron chi connectivity index (χ2n) is 7.76. The molecule has 0 atom stereocenters. The third kappa shape index (κ3) is 7.20. The van der Waals surface area contributed by atoms with Gasteiger partial charge in [0.15, 0.2) is 11.6 Å². The molecule has 0 bridgehead atoms. The van der Waals surface area contributed by atoms with Gasteiger partial charge in [0.25, 0.3) is 5.91 Å². The Labute approximate surface area is 181 Å². The largest absolute Gasteiger partial charge is 0.504 e. The minimum absolute atomic E-state index is 0.214. The number of amides is 2. The van der Waals surface area contributed by atoms with Gasteiger partial charge in [-0.25, -0.2) is 8.78 Å². The lowest BCUT2D eigenvalue weighted by molar-refractivity contribution is -0.117. The van der Waals surface area contributed by atoms with Crippen LogP contribution < -0.4 is 10.6 Å². The number of nitrogens with one attached hydrogen (secondary N) is 2. The van der Waals surface area contributed by atoms with E-state index < -0.39 is 17.5 Å². The summed E-state index contributed by atoms with van der Waals surface area (Å²) in [6, 6.07) is 9.84. The van der Waals surface area contributed by atoms with Crippen LogP contribution in [0, 0.1) is 17.6 Å². The van der Waals surface area contributed by atoms with Crippen LogP contribution in [0.2, 0.25) is 0 Å². The Morgan fingerprint density at radius 3 is 2.48 bits per heavy atom.